The van der Waals surface area contributed by atoms with Gasteiger partial charge in [-0.15, -0.1) is 0 Å². The number of nitrogens with zero attached hydrogens (tertiary/aromatic N) is 1. The number of nitrogens with one attached hydrogen (secondary N) is 2. The fourth-order valence-corrected chi connectivity index (χ4v) is 9.71. The summed E-state index contributed by atoms with van der Waals surface area (Å²) in [5, 5.41) is 16.1. The second kappa shape index (κ2) is 12.8. The predicted molar refractivity (Wildman–Crippen MR) is 171 cm³/mol. The first kappa shape index (κ1) is 30.8. The molecule has 0 radical (unpaired) electrons. The van der Waals surface area contributed by atoms with E-state index in [1.807, 2.05) is 12.1 Å². The second-order valence-corrected chi connectivity index (χ2v) is 15.0. The zero-order chi connectivity index (χ0) is 31.1. The summed E-state index contributed by atoms with van der Waals surface area (Å²) in [7, 11) is 0. The highest BCUT2D eigenvalue weighted by Crippen LogP contribution is 2.55. The van der Waals surface area contributed by atoms with Crippen molar-refractivity contribution in [3.63, 3.8) is 0 Å². The van der Waals surface area contributed by atoms with Crippen molar-refractivity contribution in [2.45, 2.75) is 101 Å². The molecule has 7 aliphatic rings. The van der Waals surface area contributed by atoms with Crippen molar-refractivity contribution in [2.24, 2.45) is 17.8 Å². The summed E-state index contributed by atoms with van der Waals surface area (Å²) in [6.07, 6.45) is 9.43. The fraction of sp³-hybridized carbons (Fsp3) is 0.649. The zero-order valence-corrected chi connectivity index (χ0v) is 26.8. The Morgan fingerprint density at radius 3 is 2.04 bits per heavy atom. The number of urea groups is 1. The van der Waals surface area contributed by atoms with Gasteiger partial charge in [-0.1, -0.05) is 48.5 Å². The van der Waals surface area contributed by atoms with Gasteiger partial charge in [0.2, 0.25) is 0 Å². The predicted octanol–water partition coefficient (Wildman–Crippen LogP) is 5.33. The maximum Gasteiger partial charge on any atom is 0.315 e. The first-order valence-corrected chi connectivity index (χ1v) is 17.6. The number of hydrogen-bond donors (Lipinski definition) is 3. The lowest BCUT2D eigenvalue weighted by molar-refractivity contribution is -0.255. The summed E-state index contributed by atoms with van der Waals surface area (Å²) in [6, 6.07) is 16.2. The van der Waals surface area contributed by atoms with Gasteiger partial charge in [0, 0.05) is 56.5 Å². The van der Waals surface area contributed by atoms with Crippen molar-refractivity contribution in [1.29, 1.82) is 0 Å². The van der Waals surface area contributed by atoms with Crippen LogP contribution in [-0.4, -0.2) is 66.3 Å². The molecule has 2 aromatic rings. The number of piperidine rings is 1. The highest BCUT2D eigenvalue weighted by molar-refractivity contribution is 5.75. The van der Waals surface area contributed by atoms with Crippen LogP contribution in [0.15, 0.2) is 48.5 Å². The maximum absolute atomic E-state index is 13.0. The van der Waals surface area contributed by atoms with Gasteiger partial charge in [0.1, 0.15) is 0 Å². The smallest absolute Gasteiger partial charge is 0.315 e. The molecule has 3 saturated heterocycles. The van der Waals surface area contributed by atoms with Gasteiger partial charge >= 0.3 is 6.03 Å². The topological polar surface area (TPSA) is 102 Å². The van der Waals surface area contributed by atoms with Crippen LogP contribution in [0.2, 0.25) is 0 Å². The van der Waals surface area contributed by atoms with Gasteiger partial charge in [-0.25, -0.2) is 4.79 Å². The van der Waals surface area contributed by atoms with Gasteiger partial charge in [0.15, 0.2) is 12.1 Å². The normalized spacial score (nSPS) is 35.0. The van der Waals surface area contributed by atoms with Gasteiger partial charge in [-0.3, -0.25) is 0 Å². The molecule has 3 aliphatic heterocycles. The number of carbonyl (C=O) groups is 1. The van der Waals surface area contributed by atoms with Crippen LogP contribution in [-0.2, 0) is 32.1 Å². The summed E-state index contributed by atoms with van der Waals surface area (Å²) >= 11 is 0. The molecule has 4 bridgehead atoms. The molecule has 3 heterocycles. The van der Waals surface area contributed by atoms with E-state index in [0.29, 0.717) is 19.8 Å². The van der Waals surface area contributed by atoms with Crippen LogP contribution in [0.25, 0.3) is 0 Å². The number of rotatable bonds is 8. The number of hydrogen-bond acceptors (Lipinski definition) is 7. The molecule has 248 valence electrons. The van der Waals surface area contributed by atoms with Crippen LogP contribution in [0.5, 0.6) is 0 Å². The third-order valence-electron chi connectivity index (χ3n) is 11.6. The first-order valence-electron chi connectivity index (χ1n) is 17.6. The summed E-state index contributed by atoms with van der Waals surface area (Å²) in [5.41, 5.74) is 4.00. The van der Waals surface area contributed by atoms with Crippen molar-refractivity contribution >= 4 is 6.03 Å². The number of likely N-dealkylation sites (tertiary alicyclic amines) is 1. The van der Waals surface area contributed by atoms with Gasteiger partial charge in [0.05, 0.1) is 32.0 Å². The molecule has 3 atom stereocenters. The van der Waals surface area contributed by atoms with Gasteiger partial charge in [-0.2, -0.15) is 0 Å². The molecule has 2 aromatic carbocycles. The van der Waals surface area contributed by atoms with Crippen LogP contribution < -0.4 is 10.6 Å². The van der Waals surface area contributed by atoms with E-state index >= 15 is 0 Å². The maximum atomic E-state index is 13.0. The van der Waals surface area contributed by atoms with Crippen molar-refractivity contribution in [2.75, 3.05) is 32.8 Å². The largest absolute Gasteiger partial charge is 0.392 e. The van der Waals surface area contributed by atoms with Crippen molar-refractivity contribution < 1.29 is 28.8 Å². The van der Waals surface area contributed by atoms with Crippen LogP contribution in [0.4, 0.5) is 4.79 Å². The highest BCUT2D eigenvalue weighted by atomic mass is 16.7. The molecule has 0 aromatic heterocycles. The lowest BCUT2D eigenvalue weighted by Gasteiger charge is -2.56. The molecule has 3 N–H and O–H groups in total. The van der Waals surface area contributed by atoms with E-state index in [2.05, 4.69) is 51.9 Å². The number of aliphatic hydroxyl groups is 1. The molecule has 46 heavy (non-hydrogen) atoms. The fourth-order valence-electron chi connectivity index (χ4n) is 9.71. The standard InChI is InChI=1S/C37H49N3O6/c41-24-26-3-5-30(6-4-26)33-18-32(23-40-11-9-37(10-12-40)43-13-14-44-37)45-34(46-33)31-7-1-25(2-8-31)22-38-35(42)39-36-19-27-15-28(20-36)17-29(16-27)21-36/h1-8,27-29,32-34,41H,9-24H2,(H2,38,39,42). The molecule has 3 unspecified atom stereocenters. The Morgan fingerprint density at radius 1 is 0.804 bits per heavy atom. The molecule has 4 saturated carbocycles. The van der Waals surface area contributed by atoms with Gasteiger partial charge in [-0.05, 0) is 73.0 Å². The van der Waals surface area contributed by atoms with E-state index < -0.39 is 12.1 Å². The Hall–Kier alpha value is -2.53. The monoisotopic (exact) mass is 631 g/mol. The molecule has 9 nitrogen and oxygen atoms in total. The Labute approximate surface area is 272 Å². The van der Waals surface area contributed by atoms with Crippen LogP contribution in [0, 0.1) is 17.8 Å². The van der Waals surface area contributed by atoms with Crippen LogP contribution in [0.1, 0.15) is 92.4 Å². The SMILES string of the molecule is O=C(NCc1ccc(C2OC(CN3CCC4(CC3)OCCO4)CC(c3ccc(CO)cc3)O2)cc1)NC12CC3CC(CC(C3)C1)C2. The van der Waals surface area contributed by atoms with Crippen LogP contribution >= 0.6 is 0 Å². The molecule has 7 fully saturated rings. The highest BCUT2D eigenvalue weighted by Gasteiger charge is 2.51. The van der Waals surface area contributed by atoms with Gasteiger partial charge < -0.3 is 39.6 Å². The summed E-state index contributed by atoms with van der Waals surface area (Å²) in [4.78, 5) is 15.5. The minimum Gasteiger partial charge on any atom is -0.392 e. The van der Waals surface area contributed by atoms with Gasteiger partial charge in [0.25, 0.3) is 0 Å². The van der Waals surface area contributed by atoms with E-state index in [-0.39, 0.29) is 30.4 Å². The van der Waals surface area contributed by atoms with Crippen molar-refractivity contribution in [3.05, 3.63) is 70.8 Å². The summed E-state index contributed by atoms with van der Waals surface area (Å²) in [5.74, 6) is 2.01. The second-order valence-electron chi connectivity index (χ2n) is 15.0. The van der Waals surface area contributed by atoms with E-state index in [0.717, 1.165) is 98.2 Å². The number of aliphatic hydroxyl groups excluding tert-OH is 1. The van der Waals surface area contributed by atoms with Crippen molar-refractivity contribution in [3.8, 4) is 0 Å². The minimum atomic E-state index is -0.500. The third kappa shape index (κ3) is 6.60. The molecule has 1 spiro atoms. The third-order valence-corrected chi connectivity index (χ3v) is 11.6. The number of carbonyl (C=O) groups excluding carboxylic acids is 1. The average molecular weight is 632 g/mol. The molecule has 9 rings (SSSR count). The summed E-state index contributed by atoms with van der Waals surface area (Å²) in [6.45, 7) is 4.53. The van der Waals surface area contributed by atoms with Crippen molar-refractivity contribution in [1.82, 2.24) is 15.5 Å². The molecule has 2 amide bonds. The van der Waals surface area contributed by atoms with E-state index in [1.54, 1.807) is 0 Å². The van der Waals surface area contributed by atoms with E-state index in [4.69, 9.17) is 18.9 Å². The molecule has 9 heteroatoms. The number of amides is 2. The zero-order valence-electron chi connectivity index (χ0n) is 26.8. The van der Waals surface area contributed by atoms with Crippen LogP contribution in [0.3, 0.4) is 0 Å². The lowest BCUT2D eigenvalue weighted by Crippen LogP contribution is -2.61. The van der Waals surface area contributed by atoms with E-state index in [9.17, 15) is 9.90 Å². The number of benzene rings is 2. The first-order chi connectivity index (χ1) is 22.4. The minimum absolute atomic E-state index is 0.00430. The Morgan fingerprint density at radius 2 is 1.41 bits per heavy atom. The Balaban J connectivity index is 0.898. The molecular weight excluding hydrogens is 582 g/mol. The molecule has 4 aliphatic carbocycles. The quantitative estimate of drug-likeness (QED) is 0.362. The molecular formula is C37H49N3O6. The Bertz CT molecular complexity index is 1310. The number of ether oxygens (including phenoxy) is 4. The lowest BCUT2D eigenvalue weighted by atomic mass is 9.53. The average Bonchev–Trinajstić information content (AvgIpc) is 3.52. The summed E-state index contributed by atoms with van der Waals surface area (Å²) < 4.78 is 25.1. The Kier molecular flexibility index (Phi) is 8.58. The van der Waals surface area contributed by atoms with E-state index in [1.165, 1.54) is 19.3 Å².